The number of fused-ring (bicyclic) bond motifs is 2. The zero-order valence-corrected chi connectivity index (χ0v) is 18.2. The van der Waals surface area contributed by atoms with Gasteiger partial charge in [-0.15, -0.1) is 0 Å². The third kappa shape index (κ3) is 3.60. The van der Waals surface area contributed by atoms with E-state index < -0.39 is 0 Å². The molecule has 160 valence electrons. The van der Waals surface area contributed by atoms with Gasteiger partial charge in [0.05, 0.1) is 12.2 Å². The molecule has 1 unspecified atom stereocenters. The van der Waals surface area contributed by atoms with Gasteiger partial charge in [-0.2, -0.15) is 0 Å². The van der Waals surface area contributed by atoms with Crippen LogP contribution in [0.3, 0.4) is 0 Å². The fourth-order valence-electron chi connectivity index (χ4n) is 5.40. The minimum atomic E-state index is -0.104. The monoisotopic (exact) mass is 406 g/mol. The third-order valence-electron chi connectivity index (χ3n) is 7.27. The second-order valence-corrected chi connectivity index (χ2v) is 9.52. The van der Waals surface area contributed by atoms with Crippen LogP contribution in [0.15, 0.2) is 53.9 Å². The molecule has 3 aliphatic heterocycles. The highest BCUT2D eigenvalue weighted by atomic mass is 16.5. The van der Waals surface area contributed by atoms with E-state index in [-0.39, 0.29) is 5.60 Å². The summed E-state index contributed by atoms with van der Waals surface area (Å²) in [6.07, 6.45) is 13.2. The van der Waals surface area contributed by atoms with Crippen molar-refractivity contribution in [2.24, 2.45) is 5.92 Å². The number of nitrogens with zero attached hydrogens (tertiary/aromatic N) is 2. The number of allylic oxidation sites excluding steroid dienone is 4. The number of ether oxygens (including phenoxy) is 1. The van der Waals surface area contributed by atoms with E-state index in [9.17, 15) is 0 Å². The topological polar surface area (TPSA) is 53.8 Å². The molecule has 5 rings (SSSR count). The highest BCUT2D eigenvalue weighted by molar-refractivity contribution is 5.66. The van der Waals surface area contributed by atoms with Crippen LogP contribution >= 0.6 is 0 Å². The van der Waals surface area contributed by atoms with Crippen LogP contribution in [0.2, 0.25) is 0 Å². The van der Waals surface area contributed by atoms with Gasteiger partial charge in [-0.25, -0.2) is 0 Å². The van der Waals surface area contributed by atoms with Crippen LogP contribution in [-0.4, -0.2) is 42.7 Å². The summed E-state index contributed by atoms with van der Waals surface area (Å²) in [5.41, 5.74) is 10.8. The maximum Gasteiger partial charge on any atom is 0.145 e. The Labute approximate surface area is 180 Å². The number of nitrogens with two attached hydrogens (primary N) is 1. The lowest BCUT2D eigenvalue weighted by atomic mass is 9.87. The molecule has 30 heavy (non-hydrogen) atoms. The average molecular weight is 407 g/mol. The largest absolute Gasteiger partial charge is 0.483 e. The van der Waals surface area contributed by atoms with Gasteiger partial charge in [0.15, 0.2) is 0 Å². The van der Waals surface area contributed by atoms with E-state index in [0.29, 0.717) is 12.0 Å². The van der Waals surface area contributed by atoms with Crippen LogP contribution in [0, 0.1) is 5.92 Å². The normalized spacial score (nSPS) is 24.8. The predicted molar refractivity (Wildman–Crippen MR) is 124 cm³/mol. The Hall–Kier alpha value is -2.40. The van der Waals surface area contributed by atoms with Crippen LogP contribution in [0.5, 0.6) is 5.75 Å². The minimum Gasteiger partial charge on any atom is -0.483 e. The summed E-state index contributed by atoms with van der Waals surface area (Å²) in [6.45, 7) is 8.74. The van der Waals surface area contributed by atoms with Gasteiger partial charge in [-0.05, 0) is 50.5 Å². The average Bonchev–Trinajstić information content (AvgIpc) is 3.15. The molecule has 0 amide bonds. The van der Waals surface area contributed by atoms with Crippen molar-refractivity contribution in [3.05, 3.63) is 53.9 Å². The van der Waals surface area contributed by atoms with Crippen molar-refractivity contribution in [2.75, 3.05) is 36.8 Å². The second kappa shape index (κ2) is 7.69. The maximum atomic E-state index is 6.66. The van der Waals surface area contributed by atoms with E-state index in [2.05, 4.69) is 59.5 Å². The molecule has 5 heteroatoms. The van der Waals surface area contributed by atoms with Gasteiger partial charge in [0.25, 0.3) is 0 Å². The molecule has 1 atom stereocenters. The molecule has 0 radical (unpaired) electrons. The summed E-state index contributed by atoms with van der Waals surface area (Å²) in [7, 11) is 0. The van der Waals surface area contributed by atoms with Gasteiger partial charge in [0, 0.05) is 68.1 Å². The number of nitrogen functional groups attached to an aromatic ring is 1. The summed E-state index contributed by atoms with van der Waals surface area (Å²) in [5.74, 6) is 1.49. The molecule has 1 aromatic rings. The smallest absolute Gasteiger partial charge is 0.145 e. The van der Waals surface area contributed by atoms with Crippen molar-refractivity contribution in [1.29, 1.82) is 0 Å². The lowest BCUT2D eigenvalue weighted by Gasteiger charge is -2.49. The highest BCUT2D eigenvalue weighted by Crippen LogP contribution is 2.43. The molecular weight excluding hydrogens is 372 g/mol. The first-order chi connectivity index (χ1) is 14.5. The molecular formula is C25H34N4O. The molecule has 0 saturated carbocycles. The Morgan fingerprint density at radius 2 is 2.10 bits per heavy atom. The third-order valence-corrected chi connectivity index (χ3v) is 7.27. The molecule has 1 fully saturated rings. The number of likely N-dealkylation sites (tertiary alicyclic amines) is 1. The Kier molecular flexibility index (Phi) is 5.02. The van der Waals surface area contributed by atoms with Crippen molar-refractivity contribution in [2.45, 2.75) is 51.2 Å². The summed E-state index contributed by atoms with van der Waals surface area (Å²) in [5, 5.41) is 3.48. The molecule has 3 heterocycles. The molecule has 0 bridgehead atoms. The van der Waals surface area contributed by atoms with E-state index in [1.54, 1.807) is 0 Å². The zero-order chi connectivity index (χ0) is 20.7. The Balaban J connectivity index is 1.34. The first-order valence-electron chi connectivity index (χ1n) is 11.4. The van der Waals surface area contributed by atoms with Gasteiger partial charge in [-0.3, -0.25) is 0 Å². The van der Waals surface area contributed by atoms with Crippen molar-refractivity contribution in [1.82, 2.24) is 10.2 Å². The molecule has 1 aromatic carbocycles. The van der Waals surface area contributed by atoms with Crippen molar-refractivity contribution in [3.8, 4) is 5.75 Å². The lowest BCUT2D eigenvalue weighted by Crippen LogP contribution is -2.57. The fourth-order valence-corrected chi connectivity index (χ4v) is 5.40. The van der Waals surface area contributed by atoms with Gasteiger partial charge < -0.3 is 25.6 Å². The van der Waals surface area contributed by atoms with E-state index in [4.69, 9.17) is 10.5 Å². The first kappa shape index (κ1) is 19.6. The van der Waals surface area contributed by atoms with Crippen molar-refractivity contribution in [3.63, 3.8) is 0 Å². The zero-order valence-electron chi connectivity index (χ0n) is 18.2. The number of benzene rings is 1. The number of nitrogens with one attached hydrogen (secondary N) is 1. The minimum absolute atomic E-state index is 0.104. The van der Waals surface area contributed by atoms with E-state index in [1.165, 1.54) is 17.0 Å². The molecule has 3 N–H and O–H groups in total. The van der Waals surface area contributed by atoms with Crippen molar-refractivity contribution >= 4 is 11.4 Å². The van der Waals surface area contributed by atoms with Gasteiger partial charge in [0.1, 0.15) is 11.4 Å². The van der Waals surface area contributed by atoms with E-state index in [1.807, 2.05) is 12.1 Å². The number of hydrogen-bond acceptors (Lipinski definition) is 5. The SMILES string of the molecule is CC(C)N1CCC2(CC1)CN(CCC1=CNC3=CC=CCC13)c1ccc(N)cc1O2. The summed E-state index contributed by atoms with van der Waals surface area (Å²) in [4.78, 5) is 5.11. The number of piperidine rings is 1. The molecule has 5 nitrogen and oxygen atoms in total. The summed E-state index contributed by atoms with van der Waals surface area (Å²) >= 11 is 0. The van der Waals surface area contributed by atoms with Gasteiger partial charge in [0.2, 0.25) is 0 Å². The Bertz CT molecular complexity index is 892. The number of rotatable bonds is 4. The van der Waals surface area contributed by atoms with Crippen LogP contribution in [0.4, 0.5) is 11.4 Å². The van der Waals surface area contributed by atoms with Crippen LogP contribution in [-0.2, 0) is 0 Å². The Morgan fingerprint density at radius 1 is 1.27 bits per heavy atom. The molecule has 1 aliphatic carbocycles. The maximum absolute atomic E-state index is 6.66. The van der Waals surface area contributed by atoms with Crippen LogP contribution < -0.4 is 20.7 Å². The summed E-state index contributed by atoms with van der Waals surface area (Å²) < 4.78 is 6.66. The second-order valence-electron chi connectivity index (χ2n) is 9.52. The summed E-state index contributed by atoms with van der Waals surface area (Å²) in [6, 6.07) is 6.74. The molecule has 0 aromatic heterocycles. The predicted octanol–water partition coefficient (Wildman–Crippen LogP) is 4.05. The first-order valence-corrected chi connectivity index (χ1v) is 11.4. The van der Waals surface area contributed by atoms with E-state index >= 15 is 0 Å². The van der Waals surface area contributed by atoms with Gasteiger partial charge >= 0.3 is 0 Å². The Morgan fingerprint density at radius 3 is 2.90 bits per heavy atom. The van der Waals surface area contributed by atoms with Crippen LogP contribution in [0.25, 0.3) is 0 Å². The standard InChI is InChI=1S/C25H34N4O/c1-18(2)28-13-10-25(11-14-28)17-29(23-8-7-20(26)15-24(23)30-25)12-9-19-16-27-22-6-4-3-5-21(19)22/h3-4,6-8,15-16,18,21,27H,5,9-14,17,26H2,1-2H3. The highest BCUT2D eigenvalue weighted by Gasteiger charge is 2.42. The fraction of sp³-hybridized carbons (Fsp3) is 0.520. The van der Waals surface area contributed by atoms with Gasteiger partial charge in [-0.1, -0.05) is 12.2 Å². The quantitative estimate of drug-likeness (QED) is 0.739. The van der Waals surface area contributed by atoms with Crippen molar-refractivity contribution < 1.29 is 4.74 Å². The molecule has 1 spiro atoms. The lowest BCUT2D eigenvalue weighted by molar-refractivity contribution is -0.00684. The molecule has 4 aliphatic rings. The number of anilines is 2. The van der Waals surface area contributed by atoms with E-state index in [0.717, 1.165) is 63.3 Å². The van der Waals surface area contributed by atoms with Crippen LogP contribution in [0.1, 0.15) is 39.5 Å². The molecule has 1 saturated heterocycles. The number of hydrogen-bond donors (Lipinski definition) is 2.